The van der Waals surface area contributed by atoms with Gasteiger partial charge in [0.25, 0.3) is 10.1 Å². The highest BCUT2D eigenvalue weighted by atomic mass is 35.5. The molecule has 17 heavy (non-hydrogen) atoms. The monoisotopic (exact) mass is 298 g/mol. The predicted molar refractivity (Wildman–Crippen MR) is 62.7 cm³/mol. The fourth-order valence-electron chi connectivity index (χ4n) is 1.49. The van der Waals surface area contributed by atoms with Crippen LogP contribution in [0.4, 0.5) is 0 Å². The summed E-state index contributed by atoms with van der Waals surface area (Å²) >= 11 is 5.64. The first-order chi connectivity index (χ1) is 7.39. The van der Waals surface area contributed by atoms with Crippen LogP contribution in [0.1, 0.15) is 16.8 Å². The summed E-state index contributed by atoms with van der Waals surface area (Å²) in [6.07, 6.45) is -0.0243. The first-order valence-corrected chi connectivity index (χ1v) is 6.21. The van der Waals surface area contributed by atoms with Crippen molar-refractivity contribution in [3.63, 3.8) is 0 Å². The first-order valence-electron chi connectivity index (χ1n) is 4.34. The topological polar surface area (TPSA) is 80.7 Å². The Morgan fingerprint density at radius 2 is 2.06 bits per heavy atom. The molecule has 5 nitrogen and oxygen atoms in total. The van der Waals surface area contributed by atoms with Crippen molar-refractivity contribution in [1.82, 2.24) is 0 Å². The molecular weight excluding hydrogens is 291 g/mol. The van der Waals surface area contributed by atoms with Crippen molar-refractivity contribution in [2.24, 2.45) is 0 Å². The van der Waals surface area contributed by atoms with Gasteiger partial charge in [-0.25, -0.2) is 0 Å². The van der Waals surface area contributed by atoms with Gasteiger partial charge in [-0.2, -0.15) is 8.42 Å². The molecule has 2 rings (SSSR count). The van der Waals surface area contributed by atoms with Gasteiger partial charge < -0.3 is 4.74 Å². The molecule has 1 atom stereocenters. The van der Waals surface area contributed by atoms with Crippen molar-refractivity contribution in [3.05, 3.63) is 23.8 Å². The highest BCUT2D eigenvalue weighted by Crippen LogP contribution is 2.34. The molecule has 0 saturated heterocycles. The minimum atomic E-state index is -4.43. The van der Waals surface area contributed by atoms with E-state index in [0.717, 1.165) is 6.07 Å². The third kappa shape index (κ3) is 2.71. The Morgan fingerprint density at radius 1 is 1.41 bits per heavy atom. The largest absolute Gasteiger partial charge is 0.472 e. The van der Waals surface area contributed by atoms with Crippen LogP contribution in [0.2, 0.25) is 0 Å². The van der Waals surface area contributed by atoms with Crippen LogP contribution in [0.25, 0.3) is 0 Å². The molecule has 94 valence electrons. The Balaban J connectivity index is 0.00000144. The number of carbonyl (C=O) groups excluding carboxylic acids is 1. The maximum Gasteiger partial charge on any atom is 0.298 e. The number of carbonyl (C=O) groups is 1. The van der Waals surface area contributed by atoms with Gasteiger partial charge in [-0.15, -0.1) is 12.4 Å². The van der Waals surface area contributed by atoms with Gasteiger partial charge in [0.05, 0.1) is 12.0 Å². The normalized spacial score (nSPS) is 18.9. The van der Waals surface area contributed by atoms with E-state index in [1.54, 1.807) is 0 Å². The fourth-order valence-corrected chi connectivity index (χ4v) is 2.36. The SMILES string of the molecule is Cl.O=C1CC(Cl)Oc2c1cccc2S(=O)(=O)O. The standard InChI is InChI=1S/C9H7ClO5S.ClH/c10-8-4-6(11)5-2-1-3-7(9(5)15-8)16(12,13)14;/h1-3,8H,4H2,(H,12,13,14);1H. The minimum Gasteiger partial charge on any atom is -0.472 e. The van der Waals surface area contributed by atoms with E-state index in [4.69, 9.17) is 20.9 Å². The number of benzene rings is 1. The zero-order valence-electron chi connectivity index (χ0n) is 8.29. The number of alkyl halides is 1. The molecule has 1 heterocycles. The lowest BCUT2D eigenvalue weighted by Gasteiger charge is -2.21. The first kappa shape index (κ1) is 14.2. The van der Waals surface area contributed by atoms with Gasteiger partial charge in [0.2, 0.25) is 0 Å². The second-order valence-corrected chi connectivity index (χ2v) is 5.14. The molecule has 8 heteroatoms. The van der Waals surface area contributed by atoms with Gasteiger partial charge in [-0.3, -0.25) is 9.35 Å². The van der Waals surface area contributed by atoms with E-state index in [0.29, 0.717) is 0 Å². The molecule has 0 aliphatic carbocycles. The van der Waals surface area contributed by atoms with Gasteiger partial charge >= 0.3 is 0 Å². The summed E-state index contributed by atoms with van der Waals surface area (Å²) in [5.41, 5.74) is -0.796. The van der Waals surface area contributed by atoms with Gasteiger partial charge in [0.1, 0.15) is 4.90 Å². The molecule has 1 aliphatic heterocycles. The van der Waals surface area contributed by atoms with Gasteiger partial charge in [-0.1, -0.05) is 17.7 Å². The Hall–Kier alpha value is -0.820. The van der Waals surface area contributed by atoms with Gasteiger partial charge in [0.15, 0.2) is 17.1 Å². The van der Waals surface area contributed by atoms with Crippen molar-refractivity contribution in [1.29, 1.82) is 0 Å². The Kier molecular flexibility index (Phi) is 4.03. The van der Waals surface area contributed by atoms with Crippen molar-refractivity contribution < 1.29 is 22.5 Å². The number of ketones is 1. The van der Waals surface area contributed by atoms with Crippen LogP contribution in [0.15, 0.2) is 23.1 Å². The number of hydrogen-bond donors (Lipinski definition) is 1. The van der Waals surface area contributed by atoms with Crippen LogP contribution in [-0.4, -0.2) is 24.3 Å². The zero-order valence-corrected chi connectivity index (χ0v) is 10.7. The minimum absolute atomic E-state index is 0. The summed E-state index contributed by atoms with van der Waals surface area (Å²) in [5, 5.41) is 0. The number of halogens is 2. The van der Waals surface area contributed by atoms with Gasteiger partial charge in [-0.05, 0) is 12.1 Å². The van der Waals surface area contributed by atoms with Crippen molar-refractivity contribution in [3.8, 4) is 5.75 Å². The summed E-state index contributed by atoms with van der Waals surface area (Å²) in [5.74, 6) is -0.493. The van der Waals surface area contributed by atoms with Crippen LogP contribution in [0.3, 0.4) is 0 Å². The quantitative estimate of drug-likeness (QED) is 0.632. The maximum atomic E-state index is 11.5. The van der Waals surface area contributed by atoms with Crippen LogP contribution < -0.4 is 4.74 Å². The number of hydrogen-bond acceptors (Lipinski definition) is 4. The summed E-state index contributed by atoms with van der Waals surface area (Å²) in [7, 11) is -4.43. The Morgan fingerprint density at radius 3 is 2.65 bits per heavy atom. The highest BCUT2D eigenvalue weighted by Gasteiger charge is 2.30. The van der Waals surface area contributed by atoms with E-state index in [1.807, 2.05) is 0 Å². The maximum absolute atomic E-state index is 11.5. The third-order valence-corrected chi connectivity index (χ3v) is 3.27. The molecule has 1 aromatic rings. The molecule has 0 saturated carbocycles. The number of para-hydroxylation sites is 1. The van der Waals surface area contributed by atoms with E-state index in [-0.39, 0.29) is 35.9 Å². The lowest BCUT2D eigenvalue weighted by atomic mass is 10.1. The van der Waals surface area contributed by atoms with Crippen molar-refractivity contribution >= 4 is 39.9 Å². The lowest BCUT2D eigenvalue weighted by molar-refractivity contribution is 0.0910. The van der Waals surface area contributed by atoms with E-state index in [1.165, 1.54) is 12.1 Å². The molecule has 0 amide bonds. The number of Topliss-reactive ketones (excluding diaryl/α,β-unsaturated/α-hetero) is 1. The number of fused-ring (bicyclic) bond motifs is 1. The number of rotatable bonds is 1. The van der Waals surface area contributed by atoms with E-state index in [9.17, 15) is 13.2 Å². The summed E-state index contributed by atoms with van der Waals surface area (Å²) in [4.78, 5) is 11.1. The van der Waals surface area contributed by atoms with Crippen molar-refractivity contribution in [2.75, 3.05) is 0 Å². The second-order valence-electron chi connectivity index (χ2n) is 3.26. The zero-order chi connectivity index (χ0) is 11.9. The third-order valence-electron chi connectivity index (χ3n) is 2.15. The van der Waals surface area contributed by atoms with Crippen molar-refractivity contribution in [2.45, 2.75) is 16.9 Å². The predicted octanol–water partition coefficient (Wildman–Crippen LogP) is 1.89. The van der Waals surface area contributed by atoms with Gasteiger partial charge in [0, 0.05) is 0 Å². The fraction of sp³-hybridized carbons (Fsp3) is 0.222. The summed E-state index contributed by atoms with van der Waals surface area (Å²) < 4.78 is 36.1. The molecule has 0 aromatic heterocycles. The average molecular weight is 299 g/mol. The average Bonchev–Trinajstić information content (AvgIpc) is 2.15. The molecule has 1 aromatic carbocycles. The number of ether oxygens (including phenoxy) is 1. The molecular formula is C9H8Cl2O5S. The second kappa shape index (κ2) is 4.81. The molecule has 0 fully saturated rings. The van der Waals surface area contributed by atoms with E-state index < -0.39 is 20.6 Å². The van der Waals surface area contributed by atoms with Crippen LogP contribution >= 0.6 is 24.0 Å². The molecule has 1 aliphatic rings. The highest BCUT2D eigenvalue weighted by molar-refractivity contribution is 7.86. The lowest BCUT2D eigenvalue weighted by Crippen LogP contribution is -2.23. The van der Waals surface area contributed by atoms with E-state index >= 15 is 0 Å². The summed E-state index contributed by atoms with van der Waals surface area (Å²) in [6.45, 7) is 0. The molecule has 1 N–H and O–H groups in total. The summed E-state index contributed by atoms with van der Waals surface area (Å²) in [6, 6.07) is 3.93. The van der Waals surface area contributed by atoms with Crippen LogP contribution in [0, 0.1) is 0 Å². The van der Waals surface area contributed by atoms with Crippen LogP contribution in [0.5, 0.6) is 5.75 Å². The molecule has 1 unspecified atom stereocenters. The molecule has 0 bridgehead atoms. The molecule has 0 radical (unpaired) electrons. The van der Waals surface area contributed by atoms with E-state index in [2.05, 4.69) is 0 Å². The Bertz CT molecular complexity index is 555. The van der Waals surface area contributed by atoms with Crippen LogP contribution in [-0.2, 0) is 10.1 Å². The molecule has 0 spiro atoms. The smallest absolute Gasteiger partial charge is 0.298 e. The Labute approximate surface area is 109 Å².